The second-order valence-corrected chi connectivity index (χ2v) is 5.42. The molecule has 0 aliphatic carbocycles. The van der Waals surface area contributed by atoms with Gasteiger partial charge in [0.25, 0.3) is 0 Å². The molecule has 0 aromatic carbocycles. The second-order valence-electron chi connectivity index (χ2n) is 4.39. The highest BCUT2D eigenvalue weighted by Crippen LogP contribution is 2.17. The summed E-state index contributed by atoms with van der Waals surface area (Å²) in [6, 6.07) is 0. The lowest BCUT2D eigenvalue weighted by molar-refractivity contribution is -0.149. The fourth-order valence-corrected chi connectivity index (χ4v) is 2.63. The van der Waals surface area contributed by atoms with Crippen LogP contribution in [0.3, 0.4) is 0 Å². The minimum Gasteiger partial charge on any atom is -0.465 e. The van der Waals surface area contributed by atoms with E-state index < -0.39 is 5.54 Å². The van der Waals surface area contributed by atoms with Crippen LogP contribution in [0.15, 0.2) is 0 Å². The molecule has 5 heteroatoms. The Morgan fingerprint density at radius 1 is 1.53 bits per heavy atom. The highest BCUT2D eigenvalue weighted by Gasteiger charge is 2.33. The van der Waals surface area contributed by atoms with E-state index >= 15 is 0 Å². The van der Waals surface area contributed by atoms with E-state index in [1.807, 2.05) is 27.7 Å². The van der Waals surface area contributed by atoms with Crippen LogP contribution in [0.5, 0.6) is 0 Å². The summed E-state index contributed by atoms with van der Waals surface area (Å²) in [7, 11) is 0. The normalized spacial score (nSPS) is 16.3. The van der Waals surface area contributed by atoms with Crippen LogP contribution in [0.2, 0.25) is 0 Å². The van der Waals surface area contributed by atoms with Crippen molar-refractivity contribution >= 4 is 17.7 Å². The molecule has 0 saturated carbocycles. The molecule has 2 unspecified atom stereocenters. The Hall–Kier alpha value is -0.260. The average molecular weight is 263 g/mol. The van der Waals surface area contributed by atoms with Crippen molar-refractivity contribution in [3.8, 4) is 0 Å². The van der Waals surface area contributed by atoms with Crippen molar-refractivity contribution in [1.29, 1.82) is 0 Å². The molecule has 0 rings (SSSR count). The van der Waals surface area contributed by atoms with Crippen molar-refractivity contribution in [3.05, 3.63) is 0 Å². The van der Waals surface area contributed by atoms with Gasteiger partial charge in [0.05, 0.1) is 6.61 Å². The molecule has 0 heterocycles. The summed E-state index contributed by atoms with van der Waals surface area (Å²) >= 11 is 1.66. The van der Waals surface area contributed by atoms with E-state index in [1.54, 1.807) is 11.8 Å². The van der Waals surface area contributed by atoms with Crippen LogP contribution in [0, 0.1) is 5.92 Å². The molecule has 0 bridgehead atoms. The minimum atomic E-state index is -0.634. The quantitative estimate of drug-likeness (QED) is 0.614. The van der Waals surface area contributed by atoms with Crippen LogP contribution in [-0.2, 0) is 9.53 Å². The molecule has 17 heavy (non-hydrogen) atoms. The van der Waals surface area contributed by atoms with Crippen LogP contribution in [0.4, 0.5) is 0 Å². The van der Waals surface area contributed by atoms with Gasteiger partial charge in [-0.05, 0) is 32.1 Å². The van der Waals surface area contributed by atoms with Crippen LogP contribution in [0.1, 0.15) is 27.7 Å². The third kappa shape index (κ3) is 6.29. The fraction of sp³-hybridized carbons (Fsp3) is 0.917. The maximum atomic E-state index is 11.9. The van der Waals surface area contributed by atoms with Gasteiger partial charge in [-0.1, -0.05) is 13.8 Å². The molecular formula is C12H25NO3S. The fourth-order valence-electron chi connectivity index (χ4n) is 1.38. The van der Waals surface area contributed by atoms with E-state index in [2.05, 4.69) is 5.32 Å². The number of carbonyl (C=O) groups excluding carboxylic acids is 1. The summed E-state index contributed by atoms with van der Waals surface area (Å²) in [6.07, 6.45) is 0. The number of aliphatic hydroxyl groups is 1. The number of hydrogen-bond donors (Lipinski definition) is 2. The van der Waals surface area contributed by atoms with Crippen LogP contribution >= 0.6 is 11.8 Å². The lowest BCUT2D eigenvalue weighted by atomic mass is 10.1. The van der Waals surface area contributed by atoms with E-state index in [4.69, 9.17) is 9.84 Å². The van der Waals surface area contributed by atoms with Gasteiger partial charge in [-0.15, -0.1) is 0 Å². The number of nitrogens with one attached hydrogen (secondary N) is 1. The van der Waals surface area contributed by atoms with E-state index in [9.17, 15) is 4.79 Å². The van der Waals surface area contributed by atoms with E-state index in [1.165, 1.54) is 0 Å². The van der Waals surface area contributed by atoms with Crippen molar-refractivity contribution in [1.82, 2.24) is 5.32 Å². The smallest absolute Gasteiger partial charge is 0.326 e. The second kappa shape index (κ2) is 8.78. The molecule has 0 aliphatic rings. The Morgan fingerprint density at radius 3 is 2.65 bits per heavy atom. The molecule has 0 spiro atoms. The summed E-state index contributed by atoms with van der Waals surface area (Å²) in [5.74, 6) is 1.56. The summed E-state index contributed by atoms with van der Waals surface area (Å²) in [4.78, 5) is 11.9. The highest BCUT2D eigenvalue weighted by molar-refractivity contribution is 7.99. The van der Waals surface area contributed by atoms with Crippen LogP contribution in [-0.4, -0.2) is 47.9 Å². The third-order valence-electron chi connectivity index (χ3n) is 2.40. The predicted molar refractivity (Wildman–Crippen MR) is 72.3 cm³/mol. The highest BCUT2D eigenvalue weighted by atomic mass is 32.2. The summed E-state index contributed by atoms with van der Waals surface area (Å²) in [5.41, 5.74) is -0.634. The molecule has 0 radical (unpaired) electrons. The number of likely N-dealkylation sites (N-methyl/N-ethyl adjacent to an activating group) is 1. The van der Waals surface area contributed by atoms with Gasteiger partial charge < -0.3 is 15.2 Å². The number of hydrogen-bond acceptors (Lipinski definition) is 5. The molecule has 0 aliphatic heterocycles. The van der Waals surface area contributed by atoms with Crippen molar-refractivity contribution in [2.45, 2.75) is 33.2 Å². The lowest BCUT2D eigenvalue weighted by Gasteiger charge is -2.28. The molecule has 0 aromatic rings. The van der Waals surface area contributed by atoms with Gasteiger partial charge in [0.15, 0.2) is 0 Å². The van der Waals surface area contributed by atoms with Crippen molar-refractivity contribution in [2.75, 3.05) is 31.3 Å². The Balaban J connectivity index is 4.25. The zero-order chi connectivity index (χ0) is 13.3. The number of esters is 1. The van der Waals surface area contributed by atoms with Gasteiger partial charge in [0.2, 0.25) is 0 Å². The van der Waals surface area contributed by atoms with Crippen molar-refractivity contribution in [2.24, 2.45) is 5.92 Å². The van der Waals surface area contributed by atoms with E-state index in [-0.39, 0.29) is 18.5 Å². The zero-order valence-corrected chi connectivity index (χ0v) is 12.1. The number of rotatable bonds is 9. The number of aliphatic hydroxyl groups excluding tert-OH is 1. The Morgan fingerprint density at radius 2 is 2.18 bits per heavy atom. The lowest BCUT2D eigenvalue weighted by Crippen LogP contribution is -2.52. The third-order valence-corrected chi connectivity index (χ3v) is 3.98. The standard InChI is InChI=1S/C12H25NO3S/c1-5-13-12(4,11(15)16-6-2)9-17-8-10(3)7-14/h10,13-14H,5-9H2,1-4H3. The van der Waals surface area contributed by atoms with Gasteiger partial charge in [0.1, 0.15) is 5.54 Å². The van der Waals surface area contributed by atoms with Gasteiger partial charge in [0, 0.05) is 12.4 Å². The topological polar surface area (TPSA) is 58.6 Å². The predicted octanol–water partition coefficient (Wildman–Crippen LogP) is 1.28. The first kappa shape index (κ1) is 16.7. The van der Waals surface area contributed by atoms with Gasteiger partial charge in [-0.25, -0.2) is 0 Å². The first-order valence-corrected chi connectivity index (χ1v) is 7.26. The molecular weight excluding hydrogens is 238 g/mol. The largest absolute Gasteiger partial charge is 0.465 e. The Bertz CT molecular complexity index is 226. The first-order chi connectivity index (χ1) is 8.00. The summed E-state index contributed by atoms with van der Waals surface area (Å²) in [6.45, 7) is 8.95. The summed E-state index contributed by atoms with van der Waals surface area (Å²) in [5, 5.41) is 12.1. The Labute approximate surface area is 108 Å². The maximum absolute atomic E-state index is 11.9. The Kier molecular flexibility index (Phi) is 8.64. The number of carbonyl (C=O) groups is 1. The van der Waals surface area contributed by atoms with E-state index in [0.717, 1.165) is 12.3 Å². The SMILES string of the molecule is CCNC(C)(CSCC(C)CO)C(=O)OCC. The van der Waals surface area contributed by atoms with Crippen LogP contribution < -0.4 is 5.32 Å². The average Bonchev–Trinajstić information content (AvgIpc) is 2.29. The molecule has 2 atom stereocenters. The van der Waals surface area contributed by atoms with Gasteiger partial charge in [-0.3, -0.25) is 4.79 Å². The molecule has 102 valence electrons. The minimum absolute atomic E-state index is 0.185. The number of thioether (sulfide) groups is 1. The molecule has 0 amide bonds. The van der Waals surface area contributed by atoms with Gasteiger partial charge >= 0.3 is 5.97 Å². The molecule has 0 aromatic heterocycles. The zero-order valence-electron chi connectivity index (χ0n) is 11.3. The summed E-state index contributed by atoms with van der Waals surface area (Å²) < 4.78 is 5.08. The molecule has 2 N–H and O–H groups in total. The first-order valence-electron chi connectivity index (χ1n) is 6.11. The van der Waals surface area contributed by atoms with Crippen molar-refractivity contribution < 1.29 is 14.6 Å². The van der Waals surface area contributed by atoms with Crippen molar-refractivity contribution in [3.63, 3.8) is 0 Å². The molecule has 0 fully saturated rings. The monoisotopic (exact) mass is 263 g/mol. The molecule has 0 saturated heterocycles. The van der Waals surface area contributed by atoms with Gasteiger partial charge in [-0.2, -0.15) is 11.8 Å². The van der Waals surface area contributed by atoms with E-state index in [0.29, 0.717) is 12.4 Å². The van der Waals surface area contributed by atoms with Crippen LogP contribution in [0.25, 0.3) is 0 Å². The number of ether oxygens (including phenoxy) is 1. The molecule has 4 nitrogen and oxygen atoms in total. The maximum Gasteiger partial charge on any atom is 0.326 e.